The van der Waals surface area contributed by atoms with Crippen LogP contribution in [0.5, 0.6) is 0 Å². The number of halogens is 1. The van der Waals surface area contributed by atoms with E-state index in [0.717, 1.165) is 43.2 Å². The molecule has 0 bridgehead atoms. The Kier molecular flexibility index (Phi) is 9.27. The van der Waals surface area contributed by atoms with E-state index in [9.17, 15) is 14.0 Å². The Hall–Kier alpha value is -2.21. The van der Waals surface area contributed by atoms with Crippen molar-refractivity contribution >= 4 is 23.2 Å². The van der Waals surface area contributed by atoms with Crippen LogP contribution < -0.4 is 0 Å². The van der Waals surface area contributed by atoms with Crippen molar-refractivity contribution in [3.05, 3.63) is 57.5 Å². The van der Waals surface area contributed by atoms with Gasteiger partial charge in [-0.2, -0.15) is 0 Å². The number of amides is 2. The van der Waals surface area contributed by atoms with Crippen LogP contribution in [0.4, 0.5) is 4.39 Å². The number of unbranched alkanes of at least 4 members (excludes halogenated alkanes) is 4. The van der Waals surface area contributed by atoms with Gasteiger partial charge in [-0.25, -0.2) is 4.39 Å². The number of nitrogens with zero attached hydrogens (tertiary/aromatic N) is 2. The lowest BCUT2D eigenvalue weighted by atomic mass is 9.93. The molecule has 32 heavy (non-hydrogen) atoms. The van der Waals surface area contributed by atoms with Crippen molar-refractivity contribution in [2.45, 2.75) is 71.3 Å². The van der Waals surface area contributed by atoms with Crippen LogP contribution in [0.25, 0.3) is 0 Å². The number of hydrogen-bond donors (Lipinski definition) is 0. The Morgan fingerprint density at radius 1 is 1.06 bits per heavy atom. The van der Waals surface area contributed by atoms with Gasteiger partial charge < -0.3 is 9.80 Å². The van der Waals surface area contributed by atoms with E-state index in [-0.39, 0.29) is 30.2 Å². The smallest absolute Gasteiger partial charge is 0.242 e. The fourth-order valence-electron chi connectivity index (χ4n) is 4.44. The monoisotopic (exact) mass is 458 g/mol. The normalized spacial score (nSPS) is 15.5. The number of thiophene rings is 1. The van der Waals surface area contributed by atoms with Crippen LogP contribution in [0.3, 0.4) is 0 Å². The SMILES string of the molecule is CCCCCCCC(=O)N(CCC)CC(=O)N1CCc2sccc2C1c1ccc(F)cc1. The number of carbonyl (C=O) groups excluding carboxylic acids is 2. The minimum atomic E-state index is -0.286. The Morgan fingerprint density at radius 3 is 2.53 bits per heavy atom. The Morgan fingerprint density at radius 2 is 1.81 bits per heavy atom. The summed E-state index contributed by atoms with van der Waals surface area (Å²) in [6, 6.07) is 8.26. The summed E-state index contributed by atoms with van der Waals surface area (Å²) in [5, 5.41) is 2.06. The van der Waals surface area contributed by atoms with Crippen molar-refractivity contribution in [2.24, 2.45) is 0 Å². The summed E-state index contributed by atoms with van der Waals surface area (Å²) in [4.78, 5) is 31.2. The molecule has 1 aliphatic heterocycles. The van der Waals surface area contributed by atoms with Gasteiger partial charge in [-0.3, -0.25) is 9.59 Å². The maximum absolute atomic E-state index is 13.5. The van der Waals surface area contributed by atoms with Crippen molar-refractivity contribution in [3.8, 4) is 0 Å². The van der Waals surface area contributed by atoms with Gasteiger partial charge in [0.05, 0.1) is 12.6 Å². The molecule has 2 heterocycles. The van der Waals surface area contributed by atoms with Gasteiger partial charge in [0.2, 0.25) is 11.8 Å². The zero-order valence-electron chi connectivity index (χ0n) is 19.3. The Labute approximate surface area is 195 Å². The van der Waals surface area contributed by atoms with Gasteiger partial charge in [0.1, 0.15) is 5.82 Å². The molecule has 3 rings (SSSR count). The molecule has 0 fully saturated rings. The van der Waals surface area contributed by atoms with E-state index in [2.05, 4.69) is 18.4 Å². The molecule has 1 aliphatic rings. The summed E-state index contributed by atoms with van der Waals surface area (Å²) >= 11 is 1.71. The first-order valence-electron chi connectivity index (χ1n) is 11.9. The van der Waals surface area contributed by atoms with Gasteiger partial charge in [0, 0.05) is 24.4 Å². The van der Waals surface area contributed by atoms with Crippen LogP contribution in [0.1, 0.15) is 80.8 Å². The summed E-state index contributed by atoms with van der Waals surface area (Å²) in [5.74, 6) is -0.251. The van der Waals surface area contributed by atoms with Crippen LogP contribution in [0, 0.1) is 5.82 Å². The maximum Gasteiger partial charge on any atom is 0.242 e. The first-order valence-corrected chi connectivity index (χ1v) is 12.8. The van der Waals surface area contributed by atoms with E-state index in [0.29, 0.717) is 19.5 Å². The fourth-order valence-corrected chi connectivity index (χ4v) is 5.35. The summed E-state index contributed by atoms with van der Waals surface area (Å²) < 4.78 is 13.5. The van der Waals surface area contributed by atoms with Crippen LogP contribution in [-0.2, 0) is 16.0 Å². The highest BCUT2D eigenvalue weighted by atomic mass is 32.1. The van der Waals surface area contributed by atoms with Gasteiger partial charge >= 0.3 is 0 Å². The minimum Gasteiger partial charge on any atom is -0.333 e. The largest absolute Gasteiger partial charge is 0.333 e. The predicted molar refractivity (Wildman–Crippen MR) is 128 cm³/mol. The van der Waals surface area contributed by atoms with Gasteiger partial charge in [-0.15, -0.1) is 11.3 Å². The molecule has 0 radical (unpaired) electrons. The highest BCUT2D eigenvalue weighted by Crippen LogP contribution is 2.37. The summed E-state index contributed by atoms with van der Waals surface area (Å²) in [6.45, 7) is 5.53. The van der Waals surface area contributed by atoms with Crippen molar-refractivity contribution in [1.82, 2.24) is 9.80 Å². The molecule has 4 nitrogen and oxygen atoms in total. The summed E-state index contributed by atoms with van der Waals surface area (Å²) in [5.41, 5.74) is 2.02. The van der Waals surface area contributed by atoms with Gasteiger partial charge in [0.15, 0.2) is 0 Å². The van der Waals surface area contributed by atoms with E-state index < -0.39 is 0 Å². The Bertz CT molecular complexity index is 880. The van der Waals surface area contributed by atoms with Crippen LogP contribution >= 0.6 is 11.3 Å². The minimum absolute atomic E-state index is 0.0380. The fraction of sp³-hybridized carbons (Fsp3) is 0.538. The zero-order valence-corrected chi connectivity index (χ0v) is 20.1. The molecule has 0 saturated carbocycles. The lowest BCUT2D eigenvalue weighted by molar-refractivity contribution is -0.141. The molecule has 0 spiro atoms. The second kappa shape index (κ2) is 12.1. The average Bonchev–Trinajstić information content (AvgIpc) is 3.27. The van der Waals surface area contributed by atoms with Gasteiger partial charge in [0.25, 0.3) is 0 Å². The zero-order chi connectivity index (χ0) is 22.9. The molecule has 174 valence electrons. The molecular formula is C26H35FN2O2S. The topological polar surface area (TPSA) is 40.6 Å². The van der Waals surface area contributed by atoms with Crippen molar-refractivity contribution in [2.75, 3.05) is 19.6 Å². The van der Waals surface area contributed by atoms with Crippen molar-refractivity contribution in [3.63, 3.8) is 0 Å². The molecular weight excluding hydrogens is 423 g/mol. The standard InChI is InChI=1S/C26H35FN2O2S/c1-3-5-6-7-8-9-24(30)28(16-4-2)19-25(31)29-17-14-23-22(15-18-32-23)26(29)20-10-12-21(27)13-11-20/h10-13,15,18,26H,3-9,14,16-17,19H2,1-2H3. The Balaban J connectivity index is 1.72. The predicted octanol–water partition coefficient (Wildman–Crippen LogP) is 5.96. The summed E-state index contributed by atoms with van der Waals surface area (Å²) in [7, 11) is 0. The van der Waals surface area contributed by atoms with Crippen LogP contribution in [0.2, 0.25) is 0 Å². The lowest BCUT2D eigenvalue weighted by Gasteiger charge is -2.37. The third-order valence-electron chi connectivity index (χ3n) is 6.14. The molecule has 0 aliphatic carbocycles. The number of rotatable bonds is 11. The second-order valence-corrected chi connectivity index (χ2v) is 9.57. The molecule has 1 unspecified atom stereocenters. The van der Waals surface area contributed by atoms with Crippen molar-refractivity contribution < 1.29 is 14.0 Å². The summed E-state index contributed by atoms with van der Waals surface area (Å²) in [6.07, 6.45) is 7.64. The van der Waals surface area contributed by atoms with E-state index in [4.69, 9.17) is 0 Å². The van der Waals surface area contributed by atoms with Crippen molar-refractivity contribution in [1.29, 1.82) is 0 Å². The molecule has 2 amide bonds. The van der Waals surface area contributed by atoms with Gasteiger partial charge in [-0.1, -0.05) is 51.7 Å². The molecule has 1 atom stereocenters. The van der Waals surface area contributed by atoms with E-state index in [1.165, 1.54) is 29.9 Å². The van der Waals surface area contributed by atoms with E-state index in [1.807, 2.05) is 11.8 Å². The third-order valence-corrected chi connectivity index (χ3v) is 7.14. The number of benzene rings is 1. The molecule has 2 aromatic rings. The first-order chi connectivity index (χ1) is 15.5. The quantitative estimate of drug-likeness (QED) is 0.390. The van der Waals surface area contributed by atoms with E-state index in [1.54, 1.807) is 28.4 Å². The van der Waals surface area contributed by atoms with Gasteiger partial charge in [-0.05, 0) is 54.0 Å². The molecule has 1 aromatic carbocycles. The number of carbonyl (C=O) groups is 2. The molecule has 1 aromatic heterocycles. The van der Waals surface area contributed by atoms with Crippen LogP contribution in [0.15, 0.2) is 35.7 Å². The highest BCUT2D eigenvalue weighted by Gasteiger charge is 2.33. The highest BCUT2D eigenvalue weighted by molar-refractivity contribution is 7.10. The third kappa shape index (κ3) is 6.18. The number of fused-ring (bicyclic) bond motifs is 1. The first kappa shape index (κ1) is 24.4. The van der Waals surface area contributed by atoms with E-state index >= 15 is 0 Å². The maximum atomic E-state index is 13.5. The lowest BCUT2D eigenvalue weighted by Crippen LogP contribution is -2.47. The average molecular weight is 459 g/mol. The number of hydrogen-bond acceptors (Lipinski definition) is 3. The second-order valence-electron chi connectivity index (χ2n) is 8.57. The molecule has 0 saturated heterocycles. The molecule has 0 N–H and O–H groups in total. The molecule has 6 heteroatoms. The van der Waals surface area contributed by atoms with Crippen LogP contribution in [-0.4, -0.2) is 41.2 Å².